The molecule has 4 N–H and O–H groups in total. The molecule has 5 heteroatoms. The molecule has 0 saturated carbocycles. The van der Waals surface area contributed by atoms with E-state index in [0.717, 1.165) is 17.7 Å². The van der Waals surface area contributed by atoms with Gasteiger partial charge in [-0.1, -0.05) is 6.07 Å². The molecule has 1 aromatic carbocycles. The highest BCUT2D eigenvalue weighted by molar-refractivity contribution is 6.01. The summed E-state index contributed by atoms with van der Waals surface area (Å²) in [6.07, 6.45) is 0.785. The predicted octanol–water partition coefficient (Wildman–Crippen LogP) is 0.0218. The Kier molecular flexibility index (Phi) is 2.85. The third-order valence-electron chi connectivity index (χ3n) is 2.92. The Balaban J connectivity index is 2.39. The Hall–Kier alpha value is -1.88. The lowest BCUT2D eigenvalue weighted by Gasteiger charge is -2.19. The van der Waals surface area contributed by atoms with Crippen molar-refractivity contribution in [3.05, 3.63) is 29.3 Å². The maximum atomic E-state index is 11.9. The molecule has 2 amide bonds. The number of anilines is 1. The van der Waals surface area contributed by atoms with E-state index >= 15 is 0 Å². The summed E-state index contributed by atoms with van der Waals surface area (Å²) in [7, 11) is 0. The molecule has 0 aromatic heterocycles. The summed E-state index contributed by atoms with van der Waals surface area (Å²) in [4.78, 5) is 24.6. The molecule has 2 rings (SSSR count). The van der Waals surface area contributed by atoms with Crippen LogP contribution in [0.5, 0.6) is 0 Å². The van der Waals surface area contributed by atoms with E-state index in [1.807, 2.05) is 6.07 Å². The highest BCUT2D eigenvalue weighted by Crippen LogP contribution is 2.29. The van der Waals surface area contributed by atoms with Gasteiger partial charge in [-0.15, -0.1) is 0 Å². The number of nitrogens with zero attached hydrogens (tertiary/aromatic N) is 1. The number of nitrogens with two attached hydrogens (primary N) is 2. The molecular formula is C12H15N3O2. The van der Waals surface area contributed by atoms with E-state index in [0.29, 0.717) is 12.1 Å². The summed E-state index contributed by atoms with van der Waals surface area (Å²) >= 11 is 0. The smallest absolute Gasteiger partial charge is 0.248 e. The van der Waals surface area contributed by atoms with E-state index < -0.39 is 11.9 Å². The van der Waals surface area contributed by atoms with Gasteiger partial charge >= 0.3 is 0 Å². The Bertz CT molecular complexity index is 483. The van der Waals surface area contributed by atoms with Crippen molar-refractivity contribution in [1.82, 2.24) is 0 Å². The molecule has 90 valence electrons. The minimum Gasteiger partial charge on any atom is -0.366 e. The summed E-state index contributed by atoms with van der Waals surface area (Å²) in [6, 6.07) is 4.63. The topological polar surface area (TPSA) is 89.4 Å². The van der Waals surface area contributed by atoms with Crippen LogP contribution in [0.2, 0.25) is 0 Å². The van der Waals surface area contributed by atoms with Crippen molar-refractivity contribution in [2.45, 2.75) is 19.4 Å². The highest BCUT2D eigenvalue weighted by Gasteiger charge is 2.27. The Morgan fingerprint density at radius 2 is 2.12 bits per heavy atom. The van der Waals surface area contributed by atoms with Crippen LogP contribution >= 0.6 is 0 Å². The number of fused-ring (bicyclic) bond motifs is 1. The van der Waals surface area contributed by atoms with Crippen LogP contribution in [0.25, 0.3) is 0 Å². The van der Waals surface area contributed by atoms with Gasteiger partial charge in [0.1, 0.15) is 0 Å². The quantitative estimate of drug-likeness (QED) is 0.754. The number of primary amides is 1. The molecule has 0 aliphatic carbocycles. The minimum absolute atomic E-state index is 0.134. The summed E-state index contributed by atoms with van der Waals surface area (Å²) < 4.78 is 0. The Morgan fingerprint density at radius 1 is 1.41 bits per heavy atom. The maximum absolute atomic E-state index is 11.9. The van der Waals surface area contributed by atoms with Gasteiger partial charge < -0.3 is 16.4 Å². The molecule has 0 radical (unpaired) electrons. The zero-order valence-electron chi connectivity index (χ0n) is 9.64. The van der Waals surface area contributed by atoms with Crippen LogP contribution in [-0.2, 0) is 11.2 Å². The second-order valence-electron chi connectivity index (χ2n) is 4.24. The van der Waals surface area contributed by atoms with Gasteiger partial charge in [0.2, 0.25) is 11.8 Å². The first-order chi connectivity index (χ1) is 8.00. The minimum atomic E-state index is -0.543. The number of carbonyl (C=O) groups is 2. The van der Waals surface area contributed by atoms with Crippen molar-refractivity contribution in [2.24, 2.45) is 11.5 Å². The average Bonchev–Trinajstić information content (AvgIpc) is 2.70. The van der Waals surface area contributed by atoms with Gasteiger partial charge in [-0.2, -0.15) is 0 Å². The third kappa shape index (κ3) is 2.01. The van der Waals surface area contributed by atoms with E-state index in [2.05, 4.69) is 0 Å². The Labute approximate surface area is 99.4 Å². The first-order valence-electron chi connectivity index (χ1n) is 5.50. The second-order valence-corrected chi connectivity index (χ2v) is 4.24. The standard InChI is InChI=1S/C12H15N3O2/c1-7(13)12(17)15-5-4-8-2-3-9(11(14)16)6-10(8)15/h2-3,6-7H,4-5,13H2,1H3,(H2,14,16)/t7-/m0/s1. The molecule has 17 heavy (non-hydrogen) atoms. The van der Waals surface area contributed by atoms with Crippen LogP contribution in [0.15, 0.2) is 18.2 Å². The van der Waals surface area contributed by atoms with Crippen molar-refractivity contribution < 1.29 is 9.59 Å². The molecule has 0 spiro atoms. The van der Waals surface area contributed by atoms with Gasteiger partial charge in [-0.25, -0.2) is 0 Å². The van der Waals surface area contributed by atoms with Crippen LogP contribution < -0.4 is 16.4 Å². The lowest BCUT2D eigenvalue weighted by atomic mass is 10.1. The van der Waals surface area contributed by atoms with Crippen LogP contribution in [-0.4, -0.2) is 24.4 Å². The lowest BCUT2D eigenvalue weighted by molar-refractivity contribution is -0.119. The first kappa shape index (κ1) is 11.6. The molecule has 1 heterocycles. The molecule has 0 fully saturated rings. The lowest BCUT2D eigenvalue weighted by Crippen LogP contribution is -2.41. The fraction of sp³-hybridized carbons (Fsp3) is 0.333. The molecule has 0 bridgehead atoms. The molecule has 1 atom stereocenters. The average molecular weight is 233 g/mol. The number of carbonyl (C=O) groups excluding carboxylic acids is 2. The van der Waals surface area contributed by atoms with Crippen molar-refractivity contribution in [3.8, 4) is 0 Å². The number of hydrogen-bond donors (Lipinski definition) is 2. The van der Waals surface area contributed by atoms with Gasteiger partial charge in [0.05, 0.1) is 6.04 Å². The van der Waals surface area contributed by atoms with E-state index in [1.165, 1.54) is 0 Å². The number of hydrogen-bond acceptors (Lipinski definition) is 3. The first-order valence-corrected chi connectivity index (χ1v) is 5.50. The zero-order valence-corrected chi connectivity index (χ0v) is 9.64. The summed E-state index contributed by atoms with van der Waals surface area (Å²) in [6.45, 7) is 2.26. The van der Waals surface area contributed by atoms with Gasteiger partial charge in [-0.3, -0.25) is 9.59 Å². The van der Waals surface area contributed by atoms with Gasteiger partial charge in [0.15, 0.2) is 0 Å². The van der Waals surface area contributed by atoms with E-state index in [1.54, 1.807) is 24.0 Å². The van der Waals surface area contributed by atoms with E-state index in [4.69, 9.17) is 11.5 Å². The molecule has 0 saturated heterocycles. The fourth-order valence-corrected chi connectivity index (χ4v) is 2.01. The van der Waals surface area contributed by atoms with Crippen molar-refractivity contribution in [1.29, 1.82) is 0 Å². The van der Waals surface area contributed by atoms with Crippen molar-refractivity contribution >= 4 is 17.5 Å². The van der Waals surface area contributed by atoms with Gasteiger partial charge in [-0.05, 0) is 31.0 Å². The number of rotatable bonds is 2. The zero-order chi connectivity index (χ0) is 12.6. The summed E-state index contributed by atoms with van der Waals surface area (Å²) in [5.74, 6) is -0.627. The van der Waals surface area contributed by atoms with Crippen molar-refractivity contribution in [3.63, 3.8) is 0 Å². The fourth-order valence-electron chi connectivity index (χ4n) is 2.01. The Morgan fingerprint density at radius 3 is 2.71 bits per heavy atom. The molecular weight excluding hydrogens is 218 g/mol. The van der Waals surface area contributed by atoms with Crippen LogP contribution in [0.1, 0.15) is 22.8 Å². The maximum Gasteiger partial charge on any atom is 0.248 e. The molecule has 1 aliphatic rings. The SMILES string of the molecule is C[C@H](N)C(=O)N1CCc2ccc(C(N)=O)cc21. The normalized spacial score (nSPS) is 15.5. The van der Waals surface area contributed by atoms with Crippen molar-refractivity contribution in [2.75, 3.05) is 11.4 Å². The molecule has 0 unspecified atom stereocenters. The largest absolute Gasteiger partial charge is 0.366 e. The molecule has 5 nitrogen and oxygen atoms in total. The third-order valence-corrected chi connectivity index (χ3v) is 2.92. The van der Waals surface area contributed by atoms with E-state index in [9.17, 15) is 9.59 Å². The summed E-state index contributed by atoms with van der Waals surface area (Å²) in [5, 5.41) is 0. The predicted molar refractivity (Wildman–Crippen MR) is 64.7 cm³/mol. The van der Waals surface area contributed by atoms with Crippen LogP contribution in [0.3, 0.4) is 0 Å². The highest BCUT2D eigenvalue weighted by atomic mass is 16.2. The monoisotopic (exact) mass is 233 g/mol. The van der Waals surface area contributed by atoms with Gasteiger partial charge in [0, 0.05) is 17.8 Å². The van der Waals surface area contributed by atoms with Crippen LogP contribution in [0.4, 0.5) is 5.69 Å². The van der Waals surface area contributed by atoms with Gasteiger partial charge in [0.25, 0.3) is 0 Å². The summed E-state index contributed by atoms with van der Waals surface area (Å²) in [5.41, 5.74) is 13.0. The van der Waals surface area contributed by atoms with Crippen LogP contribution in [0, 0.1) is 0 Å². The number of benzene rings is 1. The molecule has 1 aromatic rings. The number of amides is 2. The second kappa shape index (κ2) is 4.18. The molecule has 1 aliphatic heterocycles. The van der Waals surface area contributed by atoms with E-state index in [-0.39, 0.29) is 5.91 Å².